The van der Waals surface area contributed by atoms with E-state index in [-0.39, 0.29) is 6.61 Å². The molecule has 0 amide bonds. The van der Waals surface area contributed by atoms with Crippen molar-refractivity contribution in [3.63, 3.8) is 0 Å². The van der Waals surface area contributed by atoms with Gasteiger partial charge in [0.25, 0.3) is 0 Å². The van der Waals surface area contributed by atoms with Gasteiger partial charge in [-0.25, -0.2) is 4.98 Å². The highest BCUT2D eigenvalue weighted by molar-refractivity contribution is 7.13. The van der Waals surface area contributed by atoms with Crippen LogP contribution in [0.25, 0.3) is 0 Å². The highest BCUT2D eigenvalue weighted by Gasteiger charge is 2.06. The van der Waals surface area contributed by atoms with Crippen molar-refractivity contribution in [3.05, 3.63) is 11.6 Å². The Balaban J connectivity index is 2.47. The number of aromatic nitrogens is 1. The molecule has 74 valence electrons. The van der Waals surface area contributed by atoms with E-state index >= 15 is 0 Å². The smallest absolute Gasteiger partial charge is 0.185 e. The molecule has 1 N–H and O–H groups in total. The number of rotatable bonds is 6. The largest absolute Gasteiger partial charge is 0.395 e. The zero-order chi connectivity index (χ0) is 9.52. The van der Waals surface area contributed by atoms with Crippen molar-refractivity contribution in [2.24, 2.45) is 0 Å². The molecule has 0 aliphatic heterocycles. The number of methoxy groups -OCH3 is 1. The van der Waals surface area contributed by atoms with Gasteiger partial charge in [-0.05, 0) is 0 Å². The van der Waals surface area contributed by atoms with E-state index in [9.17, 15) is 0 Å². The molecule has 1 aromatic rings. The van der Waals surface area contributed by atoms with Crippen LogP contribution in [0.15, 0.2) is 11.6 Å². The number of hydrogen-bond acceptors (Lipinski definition) is 5. The van der Waals surface area contributed by atoms with Gasteiger partial charge in [0.15, 0.2) is 5.13 Å². The highest BCUT2D eigenvalue weighted by Crippen LogP contribution is 2.16. The summed E-state index contributed by atoms with van der Waals surface area (Å²) in [5.41, 5.74) is 0. The van der Waals surface area contributed by atoms with E-state index in [1.165, 1.54) is 0 Å². The van der Waals surface area contributed by atoms with Gasteiger partial charge in [0.2, 0.25) is 0 Å². The average Bonchev–Trinajstić information content (AvgIpc) is 2.65. The van der Waals surface area contributed by atoms with E-state index in [1.54, 1.807) is 24.6 Å². The maximum atomic E-state index is 8.83. The molecule has 4 nitrogen and oxygen atoms in total. The summed E-state index contributed by atoms with van der Waals surface area (Å²) < 4.78 is 4.97. The minimum Gasteiger partial charge on any atom is -0.395 e. The third-order valence-electron chi connectivity index (χ3n) is 1.63. The number of ether oxygens (including phenoxy) is 1. The van der Waals surface area contributed by atoms with Gasteiger partial charge in [0.05, 0.1) is 13.2 Å². The molecule has 0 aliphatic carbocycles. The predicted octanol–water partition coefficient (Wildman–Crippen LogP) is 0.588. The summed E-state index contributed by atoms with van der Waals surface area (Å²) >= 11 is 1.57. The third kappa shape index (κ3) is 3.30. The molecule has 1 rings (SSSR count). The lowest BCUT2D eigenvalue weighted by molar-refractivity contribution is 0.203. The van der Waals surface area contributed by atoms with Gasteiger partial charge >= 0.3 is 0 Å². The minimum atomic E-state index is 0.142. The zero-order valence-electron chi connectivity index (χ0n) is 7.64. The van der Waals surface area contributed by atoms with Crippen molar-refractivity contribution >= 4 is 16.5 Å². The van der Waals surface area contributed by atoms with Gasteiger partial charge in [-0.1, -0.05) is 0 Å². The van der Waals surface area contributed by atoms with Crippen LogP contribution in [0, 0.1) is 0 Å². The summed E-state index contributed by atoms with van der Waals surface area (Å²) in [7, 11) is 1.67. The normalized spacial score (nSPS) is 10.3. The van der Waals surface area contributed by atoms with Crippen LogP contribution in [0.1, 0.15) is 0 Å². The second-order valence-corrected chi connectivity index (χ2v) is 3.39. The fourth-order valence-electron chi connectivity index (χ4n) is 0.997. The van der Waals surface area contributed by atoms with Crippen LogP contribution in [-0.4, -0.2) is 43.5 Å². The van der Waals surface area contributed by atoms with Crippen LogP contribution in [0.3, 0.4) is 0 Å². The van der Waals surface area contributed by atoms with Gasteiger partial charge in [0, 0.05) is 31.8 Å². The summed E-state index contributed by atoms with van der Waals surface area (Å²) in [5, 5.41) is 11.7. The lowest BCUT2D eigenvalue weighted by Crippen LogP contribution is -2.29. The average molecular weight is 202 g/mol. The van der Waals surface area contributed by atoms with Crippen molar-refractivity contribution in [1.82, 2.24) is 4.98 Å². The molecule has 0 radical (unpaired) electrons. The Morgan fingerprint density at radius 2 is 2.46 bits per heavy atom. The number of hydrogen-bond donors (Lipinski definition) is 1. The molecule has 0 bridgehead atoms. The summed E-state index contributed by atoms with van der Waals surface area (Å²) in [6, 6.07) is 0. The first-order valence-corrected chi connectivity index (χ1v) is 5.00. The van der Waals surface area contributed by atoms with E-state index in [1.807, 2.05) is 10.3 Å². The number of thiazole rings is 1. The Kier molecular flexibility index (Phi) is 4.74. The highest BCUT2D eigenvalue weighted by atomic mass is 32.1. The Morgan fingerprint density at radius 3 is 3.00 bits per heavy atom. The van der Waals surface area contributed by atoms with Crippen molar-refractivity contribution in [2.75, 3.05) is 38.3 Å². The molecule has 0 fully saturated rings. The Hall–Kier alpha value is -0.650. The summed E-state index contributed by atoms with van der Waals surface area (Å²) in [6.07, 6.45) is 1.76. The van der Waals surface area contributed by atoms with Gasteiger partial charge in [-0.3, -0.25) is 0 Å². The lowest BCUT2D eigenvalue weighted by Gasteiger charge is -2.19. The minimum absolute atomic E-state index is 0.142. The van der Waals surface area contributed by atoms with E-state index in [2.05, 4.69) is 4.98 Å². The number of aliphatic hydroxyl groups is 1. The molecular formula is C8H14N2O2S. The summed E-state index contributed by atoms with van der Waals surface area (Å²) in [5.74, 6) is 0. The maximum Gasteiger partial charge on any atom is 0.185 e. The molecule has 0 saturated heterocycles. The predicted molar refractivity (Wildman–Crippen MR) is 53.3 cm³/mol. The number of anilines is 1. The first-order chi connectivity index (χ1) is 6.38. The molecule has 0 saturated carbocycles. The van der Waals surface area contributed by atoms with Crippen molar-refractivity contribution in [3.8, 4) is 0 Å². The molecule has 1 aromatic heterocycles. The standard InChI is InChI=1S/C8H14N2O2S/c1-12-6-4-10(3-5-11)8-9-2-7-13-8/h2,7,11H,3-6H2,1H3. The SMILES string of the molecule is COCCN(CCO)c1nccs1. The lowest BCUT2D eigenvalue weighted by atomic mass is 10.5. The second-order valence-electron chi connectivity index (χ2n) is 2.52. The van der Waals surface area contributed by atoms with Crippen LogP contribution in [-0.2, 0) is 4.74 Å². The van der Waals surface area contributed by atoms with Gasteiger partial charge < -0.3 is 14.7 Å². The topological polar surface area (TPSA) is 45.6 Å². The molecule has 13 heavy (non-hydrogen) atoms. The Labute approximate surface area is 81.8 Å². The van der Waals surface area contributed by atoms with E-state index in [4.69, 9.17) is 9.84 Å². The van der Waals surface area contributed by atoms with Gasteiger partial charge in [0.1, 0.15) is 0 Å². The molecule has 0 spiro atoms. The second kappa shape index (κ2) is 5.90. The summed E-state index contributed by atoms with van der Waals surface area (Å²) in [4.78, 5) is 6.17. The quantitative estimate of drug-likeness (QED) is 0.733. The van der Waals surface area contributed by atoms with Gasteiger partial charge in [-0.15, -0.1) is 11.3 Å². The Bertz CT molecular complexity index is 216. The molecule has 0 unspecified atom stereocenters. The van der Waals surface area contributed by atoms with E-state index < -0.39 is 0 Å². The fourth-order valence-corrected chi connectivity index (χ4v) is 1.69. The van der Waals surface area contributed by atoms with Crippen molar-refractivity contribution in [1.29, 1.82) is 0 Å². The maximum absolute atomic E-state index is 8.83. The molecule has 0 atom stereocenters. The zero-order valence-corrected chi connectivity index (χ0v) is 8.46. The first kappa shape index (κ1) is 10.4. The molecule has 1 heterocycles. The van der Waals surface area contributed by atoms with Gasteiger partial charge in [-0.2, -0.15) is 0 Å². The molecular weight excluding hydrogens is 188 g/mol. The molecule has 5 heteroatoms. The van der Waals surface area contributed by atoms with Crippen LogP contribution in [0.5, 0.6) is 0 Å². The summed E-state index contributed by atoms with van der Waals surface area (Å²) in [6.45, 7) is 2.17. The third-order valence-corrected chi connectivity index (χ3v) is 2.46. The van der Waals surface area contributed by atoms with Crippen LogP contribution >= 0.6 is 11.3 Å². The fraction of sp³-hybridized carbons (Fsp3) is 0.625. The van der Waals surface area contributed by atoms with Crippen molar-refractivity contribution < 1.29 is 9.84 Å². The van der Waals surface area contributed by atoms with Crippen molar-refractivity contribution in [2.45, 2.75) is 0 Å². The van der Waals surface area contributed by atoms with E-state index in [0.29, 0.717) is 13.2 Å². The Morgan fingerprint density at radius 1 is 1.62 bits per heavy atom. The monoisotopic (exact) mass is 202 g/mol. The van der Waals surface area contributed by atoms with Crippen LogP contribution < -0.4 is 4.90 Å². The number of nitrogens with zero attached hydrogens (tertiary/aromatic N) is 2. The van der Waals surface area contributed by atoms with Crippen LogP contribution in [0.2, 0.25) is 0 Å². The van der Waals surface area contributed by atoms with E-state index in [0.717, 1.165) is 11.7 Å². The van der Waals surface area contributed by atoms with Crippen LogP contribution in [0.4, 0.5) is 5.13 Å². The molecule has 0 aliphatic rings. The number of aliphatic hydroxyl groups excluding tert-OH is 1. The molecule has 0 aromatic carbocycles. The first-order valence-electron chi connectivity index (χ1n) is 4.12.